The molecule has 2 aromatic carbocycles. The van der Waals surface area contributed by atoms with Crippen molar-refractivity contribution in [3.8, 4) is 5.75 Å². The van der Waals surface area contributed by atoms with Crippen LogP contribution in [-0.2, 0) is 16.2 Å². The second-order valence-electron chi connectivity index (χ2n) is 8.63. The summed E-state index contributed by atoms with van der Waals surface area (Å²) in [5, 5.41) is 0. The first kappa shape index (κ1) is 19.1. The topological polar surface area (TPSA) is 75.9 Å². The molecule has 156 valence electrons. The van der Waals surface area contributed by atoms with Crippen molar-refractivity contribution in [2.45, 2.75) is 37.8 Å². The Morgan fingerprint density at radius 2 is 1.87 bits per heavy atom. The minimum Gasteiger partial charge on any atom is -0.489 e. The molecule has 2 atom stereocenters. The molecule has 0 spiro atoms. The van der Waals surface area contributed by atoms with Crippen molar-refractivity contribution in [3.05, 3.63) is 59.7 Å². The van der Waals surface area contributed by atoms with Crippen molar-refractivity contribution >= 4 is 17.5 Å². The smallest absolute Gasteiger partial charge is 0.235 e. The van der Waals surface area contributed by atoms with Gasteiger partial charge < -0.3 is 20.3 Å². The fourth-order valence-electron chi connectivity index (χ4n) is 5.25. The Kier molecular flexibility index (Phi) is 4.95. The van der Waals surface area contributed by atoms with Crippen LogP contribution in [-0.4, -0.2) is 42.4 Å². The van der Waals surface area contributed by atoms with Crippen LogP contribution in [0.3, 0.4) is 0 Å². The number of benzene rings is 2. The third-order valence-corrected chi connectivity index (χ3v) is 6.78. The number of fused-ring (bicyclic) bond motifs is 4. The lowest BCUT2D eigenvalue weighted by Crippen LogP contribution is -2.58. The minimum absolute atomic E-state index is 0.00255. The van der Waals surface area contributed by atoms with Crippen molar-refractivity contribution in [1.82, 2.24) is 4.90 Å². The van der Waals surface area contributed by atoms with Gasteiger partial charge in [-0.2, -0.15) is 0 Å². The third kappa shape index (κ3) is 3.45. The molecule has 6 rings (SSSR count). The molecule has 2 bridgehead atoms. The van der Waals surface area contributed by atoms with Crippen LogP contribution in [0.15, 0.2) is 48.5 Å². The van der Waals surface area contributed by atoms with E-state index in [-0.39, 0.29) is 18.4 Å². The summed E-state index contributed by atoms with van der Waals surface area (Å²) in [6.45, 7) is 3.60. The lowest BCUT2D eigenvalue weighted by molar-refractivity contribution is -0.125. The van der Waals surface area contributed by atoms with E-state index in [9.17, 15) is 9.59 Å². The van der Waals surface area contributed by atoms with Crippen LogP contribution in [0.25, 0.3) is 0 Å². The van der Waals surface area contributed by atoms with Gasteiger partial charge >= 0.3 is 0 Å². The Balaban J connectivity index is 1.44. The number of rotatable bonds is 6. The molecule has 2 N–H and O–H groups in total. The predicted octanol–water partition coefficient (Wildman–Crippen LogP) is 2.67. The Morgan fingerprint density at radius 3 is 2.53 bits per heavy atom. The number of hydrogen-bond donors (Lipinski definition) is 1. The number of amides is 2. The largest absolute Gasteiger partial charge is 0.489 e. The molecule has 0 saturated carbocycles. The molecule has 6 nitrogen and oxygen atoms in total. The molecule has 0 radical (unpaired) electrons. The highest BCUT2D eigenvalue weighted by atomic mass is 16.5. The zero-order valence-electron chi connectivity index (χ0n) is 17.0. The Morgan fingerprint density at radius 1 is 1.10 bits per heavy atom. The van der Waals surface area contributed by atoms with E-state index in [4.69, 9.17) is 10.5 Å². The Hall–Kier alpha value is -2.86. The second-order valence-corrected chi connectivity index (χ2v) is 8.63. The van der Waals surface area contributed by atoms with Crippen LogP contribution >= 0.6 is 0 Å². The maximum absolute atomic E-state index is 13.4. The lowest BCUT2D eigenvalue weighted by Gasteiger charge is -2.48. The molecule has 3 fully saturated rings. The molecule has 2 unspecified atom stereocenters. The van der Waals surface area contributed by atoms with E-state index in [1.165, 1.54) is 0 Å². The van der Waals surface area contributed by atoms with Crippen LogP contribution < -0.4 is 15.4 Å². The van der Waals surface area contributed by atoms with Gasteiger partial charge in [-0.25, -0.2) is 0 Å². The van der Waals surface area contributed by atoms with Crippen molar-refractivity contribution in [2.75, 3.05) is 24.5 Å². The number of ether oxygens (including phenoxy) is 1. The Bertz CT molecular complexity index is 953. The summed E-state index contributed by atoms with van der Waals surface area (Å²) in [6.07, 6.45) is 2.29. The van der Waals surface area contributed by atoms with Crippen molar-refractivity contribution < 1.29 is 14.3 Å². The van der Waals surface area contributed by atoms with Gasteiger partial charge in [0.25, 0.3) is 0 Å². The van der Waals surface area contributed by atoms with Crippen LogP contribution in [0, 0.1) is 5.92 Å². The van der Waals surface area contributed by atoms with Gasteiger partial charge in [0.1, 0.15) is 12.4 Å². The van der Waals surface area contributed by atoms with Gasteiger partial charge in [0.05, 0.1) is 12.0 Å². The molecule has 30 heavy (non-hydrogen) atoms. The molecule has 3 saturated heterocycles. The number of primary amides is 1. The number of carbonyl (C=O) groups is 2. The van der Waals surface area contributed by atoms with Gasteiger partial charge in [-0.15, -0.1) is 0 Å². The van der Waals surface area contributed by atoms with Gasteiger partial charge in [0.15, 0.2) is 0 Å². The van der Waals surface area contributed by atoms with Gasteiger partial charge in [-0.05, 0) is 61.2 Å². The predicted molar refractivity (Wildman–Crippen MR) is 114 cm³/mol. The quantitative estimate of drug-likeness (QED) is 0.802. The van der Waals surface area contributed by atoms with Crippen LogP contribution in [0.5, 0.6) is 5.75 Å². The molecule has 2 amide bonds. The second kappa shape index (κ2) is 7.76. The van der Waals surface area contributed by atoms with Crippen LogP contribution in [0.2, 0.25) is 0 Å². The molecule has 4 aliphatic rings. The van der Waals surface area contributed by atoms with Crippen molar-refractivity contribution in [1.29, 1.82) is 0 Å². The highest BCUT2D eigenvalue weighted by Gasteiger charge is 2.46. The average Bonchev–Trinajstić information content (AvgIpc) is 3.04. The summed E-state index contributed by atoms with van der Waals surface area (Å²) in [4.78, 5) is 29.6. The van der Waals surface area contributed by atoms with E-state index >= 15 is 0 Å². The summed E-state index contributed by atoms with van der Waals surface area (Å²) >= 11 is 0. The fraction of sp³-hybridized carbons (Fsp3) is 0.417. The van der Waals surface area contributed by atoms with Crippen LogP contribution in [0.1, 0.15) is 36.3 Å². The van der Waals surface area contributed by atoms with E-state index in [0.717, 1.165) is 49.3 Å². The third-order valence-electron chi connectivity index (χ3n) is 6.78. The number of carbonyl (C=O) groups excluding carboxylic acids is 2. The molecule has 0 aliphatic carbocycles. The Labute approximate surface area is 176 Å². The molecule has 2 aromatic rings. The maximum atomic E-state index is 13.4. The van der Waals surface area contributed by atoms with E-state index in [2.05, 4.69) is 4.90 Å². The summed E-state index contributed by atoms with van der Waals surface area (Å²) in [6, 6.07) is 16.0. The van der Waals surface area contributed by atoms with Gasteiger partial charge in [-0.3, -0.25) is 9.59 Å². The normalized spacial score (nSPS) is 27.2. The molecule has 4 heterocycles. The molecular formula is C24H27N3O3. The fourth-order valence-corrected chi connectivity index (χ4v) is 5.25. The first-order valence-electron chi connectivity index (χ1n) is 10.7. The molecule has 4 aliphatic heterocycles. The molecule has 6 heteroatoms. The lowest BCUT2D eigenvalue weighted by atomic mass is 9.83. The number of nitrogens with two attached hydrogens (primary N) is 1. The first-order valence-corrected chi connectivity index (χ1v) is 10.7. The number of hydrogen-bond acceptors (Lipinski definition) is 4. The van der Waals surface area contributed by atoms with Gasteiger partial charge in [0, 0.05) is 18.7 Å². The number of piperidine rings is 3. The molecule has 0 aromatic heterocycles. The minimum atomic E-state index is -0.520. The van der Waals surface area contributed by atoms with Gasteiger partial charge in [0.2, 0.25) is 11.8 Å². The summed E-state index contributed by atoms with van der Waals surface area (Å²) < 4.78 is 5.98. The van der Waals surface area contributed by atoms with E-state index in [1.54, 1.807) is 0 Å². The molecular weight excluding hydrogens is 378 g/mol. The van der Waals surface area contributed by atoms with Crippen LogP contribution in [0.4, 0.5) is 5.69 Å². The maximum Gasteiger partial charge on any atom is 0.235 e. The van der Waals surface area contributed by atoms with Crippen molar-refractivity contribution in [2.24, 2.45) is 11.7 Å². The standard InChI is InChI=1S/C24H27N3O3/c25-23(28)13-20-19-12-18(30-15-16-4-2-1-3-5-16)6-7-21(19)27(24(20)29)22-14-26-10-8-17(22)9-11-26/h1-7,12,17,20,22H,8-11,13-15H2,(H2,25,28). The van der Waals surface area contributed by atoms with Crippen molar-refractivity contribution in [3.63, 3.8) is 0 Å². The number of nitrogens with zero attached hydrogens (tertiary/aromatic N) is 2. The first-order chi connectivity index (χ1) is 14.6. The zero-order chi connectivity index (χ0) is 20.7. The summed E-state index contributed by atoms with van der Waals surface area (Å²) in [5.74, 6) is 0.255. The highest BCUT2D eigenvalue weighted by molar-refractivity contribution is 6.07. The van der Waals surface area contributed by atoms with Gasteiger partial charge in [-0.1, -0.05) is 30.3 Å². The van der Waals surface area contributed by atoms with E-state index in [1.807, 2.05) is 53.4 Å². The average molecular weight is 405 g/mol. The summed E-state index contributed by atoms with van der Waals surface area (Å²) in [7, 11) is 0. The zero-order valence-corrected chi connectivity index (χ0v) is 17.0. The monoisotopic (exact) mass is 405 g/mol. The summed E-state index contributed by atoms with van der Waals surface area (Å²) in [5.41, 5.74) is 8.36. The van der Waals surface area contributed by atoms with E-state index in [0.29, 0.717) is 18.3 Å². The number of anilines is 1. The highest BCUT2D eigenvalue weighted by Crippen LogP contribution is 2.45. The SMILES string of the molecule is NC(=O)CC1C(=O)N(C2CN3CCC2CC3)c2ccc(OCc3ccccc3)cc21. The van der Waals surface area contributed by atoms with E-state index < -0.39 is 11.8 Å².